The molecule has 128 valence electrons. The molecule has 6 nitrogen and oxygen atoms in total. The summed E-state index contributed by atoms with van der Waals surface area (Å²) >= 11 is 0. The van der Waals surface area contributed by atoms with Gasteiger partial charge < -0.3 is 10.6 Å². The number of pyridine rings is 1. The lowest BCUT2D eigenvalue weighted by Crippen LogP contribution is -2.03. The van der Waals surface area contributed by atoms with Crippen LogP contribution >= 0.6 is 0 Å². The van der Waals surface area contributed by atoms with Crippen LogP contribution < -0.4 is 10.6 Å². The second-order valence-corrected chi connectivity index (χ2v) is 6.11. The van der Waals surface area contributed by atoms with E-state index in [2.05, 4.69) is 56.8 Å². The van der Waals surface area contributed by atoms with Crippen molar-refractivity contribution >= 4 is 34.0 Å². The summed E-state index contributed by atoms with van der Waals surface area (Å²) in [6, 6.07) is 16.1. The Hall–Kier alpha value is -3.54. The Morgan fingerprint density at radius 2 is 1.77 bits per heavy atom. The van der Waals surface area contributed by atoms with Gasteiger partial charge in [-0.1, -0.05) is 35.9 Å². The molecule has 0 aliphatic rings. The van der Waals surface area contributed by atoms with E-state index in [4.69, 9.17) is 0 Å². The van der Waals surface area contributed by atoms with Gasteiger partial charge in [0.15, 0.2) is 5.82 Å². The van der Waals surface area contributed by atoms with E-state index in [1.807, 2.05) is 36.4 Å². The molecule has 4 aromatic rings. The van der Waals surface area contributed by atoms with Crippen molar-refractivity contribution in [3.63, 3.8) is 0 Å². The Morgan fingerprint density at radius 1 is 0.885 bits per heavy atom. The molecule has 2 aromatic carbocycles. The number of fused-ring (bicyclic) bond motifs is 1. The van der Waals surface area contributed by atoms with Crippen molar-refractivity contribution in [1.82, 2.24) is 20.2 Å². The van der Waals surface area contributed by atoms with Crippen LogP contribution in [0.2, 0.25) is 0 Å². The maximum atomic E-state index is 4.51. The number of hydrogen-bond donors (Lipinski definition) is 2. The van der Waals surface area contributed by atoms with Crippen molar-refractivity contribution in [2.24, 2.45) is 0 Å². The Bertz CT molecular complexity index is 1070. The fraction of sp³-hybridized carbons (Fsp3) is 0.100. The first-order chi connectivity index (χ1) is 12.7. The van der Waals surface area contributed by atoms with Crippen molar-refractivity contribution < 1.29 is 0 Å². The second-order valence-electron chi connectivity index (χ2n) is 6.11. The number of benzene rings is 2. The van der Waals surface area contributed by atoms with Gasteiger partial charge in [-0.15, -0.1) is 5.10 Å². The molecule has 4 rings (SSSR count). The maximum Gasteiger partial charge on any atom is 0.249 e. The first-order valence-corrected chi connectivity index (χ1v) is 8.34. The molecule has 0 spiro atoms. The van der Waals surface area contributed by atoms with Crippen molar-refractivity contribution in [1.29, 1.82) is 0 Å². The fourth-order valence-corrected chi connectivity index (χ4v) is 2.83. The number of aryl methyl sites for hydroxylation is 2. The molecule has 0 unspecified atom stereocenters. The zero-order chi connectivity index (χ0) is 17.9. The summed E-state index contributed by atoms with van der Waals surface area (Å²) in [6.45, 7) is 4.13. The van der Waals surface area contributed by atoms with E-state index in [0.29, 0.717) is 11.8 Å². The van der Waals surface area contributed by atoms with Gasteiger partial charge in [0.05, 0.1) is 17.4 Å². The normalized spacial score (nSPS) is 10.7. The Morgan fingerprint density at radius 3 is 2.65 bits per heavy atom. The minimum Gasteiger partial charge on any atom is -0.339 e. The summed E-state index contributed by atoms with van der Waals surface area (Å²) in [6.07, 6.45) is 3.37. The van der Waals surface area contributed by atoms with E-state index in [0.717, 1.165) is 27.8 Å². The zero-order valence-corrected chi connectivity index (χ0v) is 14.6. The van der Waals surface area contributed by atoms with Gasteiger partial charge >= 0.3 is 0 Å². The predicted octanol–water partition coefficient (Wildman–Crippen LogP) is 4.52. The highest BCUT2D eigenvalue weighted by molar-refractivity contribution is 5.91. The highest BCUT2D eigenvalue weighted by atomic mass is 15.3. The van der Waals surface area contributed by atoms with Crippen LogP contribution in [0.25, 0.3) is 10.9 Å². The third-order valence-electron chi connectivity index (χ3n) is 4.08. The maximum absolute atomic E-state index is 4.51. The molecule has 2 heterocycles. The van der Waals surface area contributed by atoms with Gasteiger partial charge in [-0.25, -0.2) is 0 Å². The van der Waals surface area contributed by atoms with Crippen LogP contribution in [-0.2, 0) is 0 Å². The third-order valence-corrected chi connectivity index (χ3v) is 4.08. The van der Waals surface area contributed by atoms with Crippen LogP contribution in [0.1, 0.15) is 11.1 Å². The molecule has 2 aromatic heterocycles. The molecule has 0 amide bonds. The molecular weight excluding hydrogens is 324 g/mol. The third kappa shape index (κ3) is 3.30. The Kier molecular flexibility index (Phi) is 4.15. The quantitative estimate of drug-likeness (QED) is 0.568. The first-order valence-electron chi connectivity index (χ1n) is 8.34. The molecule has 2 N–H and O–H groups in total. The number of rotatable bonds is 4. The second kappa shape index (κ2) is 6.76. The summed E-state index contributed by atoms with van der Waals surface area (Å²) in [5, 5.41) is 15.7. The van der Waals surface area contributed by atoms with Gasteiger partial charge in [0, 0.05) is 17.3 Å². The predicted molar refractivity (Wildman–Crippen MR) is 104 cm³/mol. The number of aromatic nitrogens is 4. The Labute approximate surface area is 151 Å². The van der Waals surface area contributed by atoms with E-state index in [9.17, 15) is 0 Å². The average molecular weight is 342 g/mol. The molecule has 0 aliphatic heterocycles. The van der Waals surface area contributed by atoms with Crippen LogP contribution in [-0.4, -0.2) is 20.2 Å². The monoisotopic (exact) mass is 342 g/mol. The molecule has 0 radical (unpaired) electrons. The van der Waals surface area contributed by atoms with Gasteiger partial charge in [0.25, 0.3) is 0 Å². The zero-order valence-electron chi connectivity index (χ0n) is 14.6. The van der Waals surface area contributed by atoms with E-state index in [1.165, 1.54) is 5.56 Å². The molecule has 0 fully saturated rings. The highest BCUT2D eigenvalue weighted by Gasteiger charge is 2.06. The van der Waals surface area contributed by atoms with Gasteiger partial charge in [-0.2, -0.15) is 10.1 Å². The largest absolute Gasteiger partial charge is 0.339 e. The van der Waals surface area contributed by atoms with Crippen molar-refractivity contribution in [2.75, 3.05) is 10.6 Å². The molecule has 26 heavy (non-hydrogen) atoms. The van der Waals surface area contributed by atoms with Crippen LogP contribution in [0.15, 0.2) is 60.9 Å². The van der Waals surface area contributed by atoms with E-state index in [1.54, 1.807) is 12.4 Å². The number of hydrogen-bond acceptors (Lipinski definition) is 6. The SMILES string of the molecule is Cc1ccc(Nc2cnnc(Nc3cccc4cccnc34)n2)c(C)c1. The minimum atomic E-state index is 0.415. The van der Waals surface area contributed by atoms with E-state index >= 15 is 0 Å². The molecule has 0 atom stereocenters. The summed E-state index contributed by atoms with van der Waals surface area (Å²) < 4.78 is 0. The summed E-state index contributed by atoms with van der Waals surface area (Å²) in [5.41, 5.74) is 5.07. The molecule has 0 saturated heterocycles. The lowest BCUT2D eigenvalue weighted by atomic mass is 10.1. The fourth-order valence-electron chi connectivity index (χ4n) is 2.83. The van der Waals surface area contributed by atoms with Gasteiger partial charge in [0.2, 0.25) is 5.95 Å². The first kappa shape index (κ1) is 16.0. The molecular formula is C20H18N6. The van der Waals surface area contributed by atoms with Crippen LogP contribution in [0, 0.1) is 13.8 Å². The molecule has 0 saturated carbocycles. The standard InChI is InChI=1S/C20H18N6/c1-13-8-9-16(14(2)11-13)23-18-12-22-26-20(25-18)24-17-7-3-5-15-6-4-10-21-19(15)17/h3-12H,1-2H3,(H2,23,24,25,26). The Balaban J connectivity index is 1.61. The van der Waals surface area contributed by atoms with E-state index < -0.39 is 0 Å². The number of anilines is 4. The van der Waals surface area contributed by atoms with Gasteiger partial charge in [-0.05, 0) is 37.6 Å². The molecule has 0 bridgehead atoms. The number of nitrogens with zero attached hydrogens (tertiary/aromatic N) is 4. The van der Waals surface area contributed by atoms with Crippen LogP contribution in [0.3, 0.4) is 0 Å². The number of nitrogens with one attached hydrogen (secondary N) is 2. The summed E-state index contributed by atoms with van der Waals surface area (Å²) in [5.74, 6) is 1.04. The van der Waals surface area contributed by atoms with Crippen molar-refractivity contribution in [2.45, 2.75) is 13.8 Å². The van der Waals surface area contributed by atoms with Gasteiger partial charge in [0.1, 0.15) is 0 Å². The summed E-state index contributed by atoms with van der Waals surface area (Å²) in [7, 11) is 0. The summed E-state index contributed by atoms with van der Waals surface area (Å²) in [4.78, 5) is 8.94. The lowest BCUT2D eigenvalue weighted by Gasteiger charge is -2.11. The molecule has 6 heteroatoms. The lowest BCUT2D eigenvalue weighted by molar-refractivity contribution is 0.982. The van der Waals surface area contributed by atoms with Crippen LogP contribution in [0.4, 0.5) is 23.1 Å². The van der Waals surface area contributed by atoms with Crippen LogP contribution in [0.5, 0.6) is 0 Å². The van der Waals surface area contributed by atoms with E-state index in [-0.39, 0.29) is 0 Å². The minimum absolute atomic E-state index is 0.415. The topological polar surface area (TPSA) is 75.6 Å². The average Bonchev–Trinajstić information content (AvgIpc) is 2.65. The van der Waals surface area contributed by atoms with Crippen molar-refractivity contribution in [3.05, 3.63) is 72.1 Å². The highest BCUT2D eigenvalue weighted by Crippen LogP contribution is 2.24. The molecule has 0 aliphatic carbocycles. The number of para-hydroxylation sites is 1. The smallest absolute Gasteiger partial charge is 0.249 e. The van der Waals surface area contributed by atoms with Crippen molar-refractivity contribution in [3.8, 4) is 0 Å². The van der Waals surface area contributed by atoms with Gasteiger partial charge in [-0.3, -0.25) is 4.98 Å².